The van der Waals surface area contributed by atoms with Crippen LogP contribution >= 0.6 is 0 Å². The first-order chi connectivity index (χ1) is 10.1. The summed E-state index contributed by atoms with van der Waals surface area (Å²) < 4.78 is 26.1. The summed E-state index contributed by atoms with van der Waals surface area (Å²) in [7, 11) is 0. The first kappa shape index (κ1) is 15.0. The van der Waals surface area contributed by atoms with Crippen molar-refractivity contribution in [3.63, 3.8) is 0 Å². The second-order valence-corrected chi connectivity index (χ2v) is 4.58. The van der Waals surface area contributed by atoms with E-state index in [9.17, 15) is 13.6 Å². The first-order valence-electron chi connectivity index (χ1n) is 6.66. The minimum absolute atomic E-state index is 0.0906. The molecule has 110 valence electrons. The van der Waals surface area contributed by atoms with Crippen LogP contribution < -0.4 is 10.6 Å². The molecule has 2 aromatic rings. The molecule has 0 aliphatic rings. The number of amides is 1. The molecule has 0 fully saturated rings. The van der Waals surface area contributed by atoms with Gasteiger partial charge in [-0.1, -0.05) is 19.1 Å². The van der Waals surface area contributed by atoms with Gasteiger partial charge < -0.3 is 10.6 Å². The van der Waals surface area contributed by atoms with E-state index in [0.717, 1.165) is 18.6 Å². The second-order valence-electron chi connectivity index (χ2n) is 4.58. The number of carbonyl (C=O) groups excluding carboxylic acids is 1. The van der Waals surface area contributed by atoms with Crippen LogP contribution in [0.4, 0.5) is 20.2 Å². The van der Waals surface area contributed by atoms with Crippen molar-refractivity contribution in [3.05, 3.63) is 59.7 Å². The van der Waals surface area contributed by atoms with Gasteiger partial charge >= 0.3 is 0 Å². The number of benzene rings is 2. The average Bonchev–Trinajstić information content (AvgIpc) is 2.47. The fourth-order valence-corrected chi connectivity index (χ4v) is 1.84. The van der Waals surface area contributed by atoms with Gasteiger partial charge in [-0.25, -0.2) is 8.78 Å². The van der Waals surface area contributed by atoms with Crippen molar-refractivity contribution >= 4 is 17.3 Å². The summed E-state index contributed by atoms with van der Waals surface area (Å²) in [5.74, 6) is -1.68. The number of rotatable bonds is 5. The highest BCUT2D eigenvalue weighted by atomic mass is 19.1. The van der Waals surface area contributed by atoms with Crippen LogP contribution in [0.25, 0.3) is 0 Å². The molecule has 0 bridgehead atoms. The van der Waals surface area contributed by atoms with E-state index in [-0.39, 0.29) is 18.1 Å². The van der Waals surface area contributed by atoms with Crippen molar-refractivity contribution in [1.29, 1.82) is 0 Å². The fraction of sp³-hybridized carbons (Fsp3) is 0.188. The minimum Gasteiger partial charge on any atom is -0.374 e. The third-order valence-electron chi connectivity index (χ3n) is 3.02. The maximum Gasteiger partial charge on any atom is 0.243 e. The van der Waals surface area contributed by atoms with Crippen LogP contribution in [0.1, 0.15) is 12.5 Å². The van der Waals surface area contributed by atoms with Gasteiger partial charge in [-0.05, 0) is 36.2 Å². The van der Waals surface area contributed by atoms with Gasteiger partial charge in [-0.3, -0.25) is 4.79 Å². The van der Waals surface area contributed by atoms with E-state index in [1.165, 1.54) is 11.6 Å². The molecular formula is C16H16F2N2O. The number of hydrogen-bond donors (Lipinski definition) is 2. The summed E-state index contributed by atoms with van der Waals surface area (Å²) >= 11 is 0. The zero-order valence-corrected chi connectivity index (χ0v) is 11.6. The standard InChI is InChI=1S/C16H16F2N2O/c1-2-11-3-6-13(7-4-11)20-16(21)10-19-15-8-5-12(17)9-14(15)18/h3-9,19H,2,10H2,1H3,(H,20,21). The molecule has 0 heterocycles. The van der Waals surface area contributed by atoms with Crippen LogP contribution in [-0.2, 0) is 11.2 Å². The van der Waals surface area contributed by atoms with Crippen molar-refractivity contribution in [3.8, 4) is 0 Å². The molecule has 2 aromatic carbocycles. The van der Waals surface area contributed by atoms with E-state index in [4.69, 9.17) is 0 Å². The number of hydrogen-bond acceptors (Lipinski definition) is 2. The Morgan fingerprint density at radius 3 is 2.43 bits per heavy atom. The van der Waals surface area contributed by atoms with Crippen molar-refractivity contribution in [1.82, 2.24) is 0 Å². The molecule has 1 amide bonds. The van der Waals surface area contributed by atoms with Gasteiger partial charge in [0.15, 0.2) is 0 Å². The van der Waals surface area contributed by atoms with Crippen molar-refractivity contribution < 1.29 is 13.6 Å². The number of aryl methyl sites for hydroxylation is 1. The van der Waals surface area contributed by atoms with E-state index >= 15 is 0 Å². The normalized spacial score (nSPS) is 10.2. The molecule has 0 aliphatic heterocycles. The molecule has 2 N–H and O–H groups in total. The summed E-state index contributed by atoms with van der Waals surface area (Å²) in [5.41, 5.74) is 1.95. The Balaban J connectivity index is 1.89. The molecule has 0 aromatic heterocycles. The topological polar surface area (TPSA) is 41.1 Å². The van der Waals surface area contributed by atoms with Gasteiger partial charge in [0.05, 0.1) is 12.2 Å². The van der Waals surface area contributed by atoms with Crippen LogP contribution in [0.5, 0.6) is 0 Å². The summed E-state index contributed by atoms with van der Waals surface area (Å²) in [4.78, 5) is 11.7. The Labute approximate surface area is 122 Å². The van der Waals surface area contributed by atoms with Gasteiger partial charge in [0, 0.05) is 11.8 Å². The molecule has 3 nitrogen and oxygen atoms in total. The quantitative estimate of drug-likeness (QED) is 0.883. The van der Waals surface area contributed by atoms with Gasteiger partial charge in [0.25, 0.3) is 0 Å². The van der Waals surface area contributed by atoms with Gasteiger partial charge in [-0.2, -0.15) is 0 Å². The zero-order valence-electron chi connectivity index (χ0n) is 11.6. The molecule has 0 aliphatic carbocycles. The number of carbonyl (C=O) groups is 1. The first-order valence-corrected chi connectivity index (χ1v) is 6.66. The van der Waals surface area contributed by atoms with E-state index in [1.54, 1.807) is 0 Å². The van der Waals surface area contributed by atoms with Crippen LogP contribution in [0.15, 0.2) is 42.5 Å². The Morgan fingerprint density at radius 2 is 1.81 bits per heavy atom. The summed E-state index contributed by atoms with van der Waals surface area (Å²) in [6.45, 7) is 1.95. The van der Waals surface area contributed by atoms with Gasteiger partial charge in [0.2, 0.25) is 5.91 Å². The summed E-state index contributed by atoms with van der Waals surface area (Å²) in [6.07, 6.45) is 0.930. The lowest BCUT2D eigenvalue weighted by molar-refractivity contribution is -0.114. The van der Waals surface area contributed by atoms with E-state index < -0.39 is 11.6 Å². The van der Waals surface area contributed by atoms with Crippen LogP contribution in [0.2, 0.25) is 0 Å². The molecular weight excluding hydrogens is 274 g/mol. The molecule has 0 atom stereocenters. The molecule has 0 saturated carbocycles. The van der Waals surface area contributed by atoms with Crippen LogP contribution in [-0.4, -0.2) is 12.5 Å². The zero-order chi connectivity index (χ0) is 15.2. The smallest absolute Gasteiger partial charge is 0.243 e. The SMILES string of the molecule is CCc1ccc(NC(=O)CNc2ccc(F)cc2F)cc1. The lowest BCUT2D eigenvalue weighted by Gasteiger charge is -2.09. The minimum atomic E-state index is -0.727. The maximum atomic E-state index is 13.4. The van der Waals surface area contributed by atoms with Gasteiger partial charge in [0.1, 0.15) is 11.6 Å². The van der Waals surface area contributed by atoms with Crippen molar-refractivity contribution in [2.45, 2.75) is 13.3 Å². The molecule has 0 saturated heterocycles. The monoisotopic (exact) mass is 290 g/mol. The number of halogens is 2. The Hall–Kier alpha value is -2.43. The molecule has 0 spiro atoms. The van der Waals surface area contributed by atoms with Crippen molar-refractivity contribution in [2.75, 3.05) is 17.2 Å². The largest absolute Gasteiger partial charge is 0.374 e. The Kier molecular flexibility index (Phi) is 4.87. The molecule has 0 unspecified atom stereocenters. The summed E-state index contributed by atoms with van der Waals surface area (Å²) in [6, 6.07) is 10.7. The van der Waals surface area contributed by atoms with Crippen LogP contribution in [0, 0.1) is 11.6 Å². The highest BCUT2D eigenvalue weighted by Gasteiger charge is 2.06. The number of anilines is 2. The predicted molar refractivity (Wildman–Crippen MR) is 79.3 cm³/mol. The molecule has 5 heteroatoms. The number of nitrogens with one attached hydrogen (secondary N) is 2. The molecule has 0 radical (unpaired) electrons. The Morgan fingerprint density at radius 1 is 1.10 bits per heavy atom. The molecule has 21 heavy (non-hydrogen) atoms. The lowest BCUT2D eigenvalue weighted by atomic mass is 10.1. The third-order valence-corrected chi connectivity index (χ3v) is 3.02. The van der Waals surface area contributed by atoms with Crippen LogP contribution in [0.3, 0.4) is 0 Å². The Bertz CT molecular complexity index is 627. The maximum absolute atomic E-state index is 13.4. The van der Waals surface area contributed by atoms with E-state index in [1.807, 2.05) is 24.3 Å². The van der Waals surface area contributed by atoms with Crippen molar-refractivity contribution in [2.24, 2.45) is 0 Å². The van der Waals surface area contributed by atoms with Gasteiger partial charge in [-0.15, -0.1) is 0 Å². The van der Waals surface area contributed by atoms with E-state index in [2.05, 4.69) is 17.6 Å². The average molecular weight is 290 g/mol. The lowest BCUT2D eigenvalue weighted by Crippen LogP contribution is -2.22. The highest BCUT2D eigenvalue weighted by Crippen LogP contribution is 2.15. The molecule has 2 rings (SSSR count). The predicted octanol–water partition coefficient (Wildman–Crippen LogP) is 3.58. The van der Waals surface area contributed by atoms with E-state index in [0.29, 0.717) is 5.69 Å². The highest BCUT2D eigenvalue weighted by molar-refractivity contribution is 5.93. The second kappa shape index (κ2) is 6.83. The third kappa shape index (κ3) is 4.27. The fourth-order valence-electron chi connectivity index (χ4n) is 1.84. The summed E-state index contributed by atoms with van der Waals surface area (Å²) in [5, 5.41) is 5.33.